The number of carbonyl (C=O) groups is 1. The van der Waals surface area contributed by atoms with Gasteiger partial charge in [-0.25, -0.2) is 0 Å². The second kappa shape index (κ2) is 5.88. The van der Waals surface area contributed by atoms with Crippen LogP contribution in [-0.4, -0.2) is 22.8 Å². The van der Waals surface area contributed by atoms with Crippen molar-refractivity contribution in [3.63, 3.8) is 0 Å². The Hall–Kier alpha value is -2.14. The molecule has 1 amide bonds. The number of furan rings is 1. The van der Waals surface area contributed by atoms with E-state index in [1.54, 1.807) is 18.0 Å². The number of rotatable bonds is 4. The minimum atomic E-state index is -0.145. The lowest BCUT2D eigenvalue weighted by atomic mass is 10.1. The zero-order valence-corrected chi connectivity index (χ0v) is 12.2. The van der Waals surface area contributed by atoms with Gasteiger partial charge in [0.2, 0.25) is 0 Å². The van der Waals surface area contributed by atoms with Crippen LogP contribution in [0, 0.1) is 6.92 Å². The topological polar surface area (TPSA) is 59.5 Å². The van der Waals surface area contributed by atoms with Crippen LogP contribution in [-0.2, 0) is 6.54 Å². The first-order valence-electron chi connectivity index (χ1n) is 6.17. The van der Waals surface area contributed by atoms with Gasteiger partial charge in [0.1, 0.15) is 4.99 Å². The quantitative estimate of drug-likeness (QED) is 0.878. The number of carbonyl (C=O) groups excluding carboxylic acids is 1. The van der Waals surface area contributed by atoms with E-state index < -0.39 is 0 Å². The smallest absolute Gasteiger partial charge is 0.289 e. The lowest BCUT2D eigenvalue weighted by Gasteiger charge is -2.16. The van der Waals surface area contributed by atoms with Crippen LogP contribution in [0.2, 0.25) is 0 Å². The van der Waals surface area contributed by atoms with Crippen LogP contribution >= 0.6 is 12.2 Å². The molecule has 104 valence electrons. The highest BCUT2D eigenvalue weighted by atomic mass is 32.1. The lowest BCUT2D eigenvalue weighted by Crippen LogP contribution is -2.26. The molecule has 1 heterocycles. The van der Waals surface area contributed by atoms with Crippen LogP contribution in [0.15, 0.2) is 41.0 Å². The molecule has 0 radical (unpaired) electrons. The van der Waals surface area contributed by atoms with Crippen molar-refractivity contribution in [1.29, 1.82) is 0 Å². The van der Waals surface area contributed by atoms with Gasteiger partial charge in [-0.15, -0.1) is 0 Å². The van der Waals surface area contributed by atoms with E-state index in [9.17, 15) is 4.79 Å². The molecule has 0 unspecified atom stereocenters. The molecule has 2 N–H and O–H groups in total. The molecule has 1 aromatic carbocycles. The molecular formula is C15H16N2O2S. The fraction of sp³-hybridized carbons (Fsp3) is 0.200. The van der Waals surface area contributed by atoms with Crippen LogP contribution in [0.4, 0.5) is 0 Å². The van der Waals surface area contributed by atoms with Crippen LogP contribution in [0.5, 0.6) is 0 Å². The number of aryl methyl sites for hydroxylation is 1. The monoisotopic (exact) mass is 288 g/mol. The normalized spacial score (nSPS) is 10.3. The Morgan fingerprint density at radius 3 is 2.75 bits per heavy atom. The molecule has 0 aliphatic heterocycles. The number of amides is 1. The summed E-state index contributed by atoms with van der Waals surface area (Å²) < 4.78 is 5.21. The number of hydrogen-bond donors (Lipinski definition) is 1. The van der Waals surface area contributed by atoms with Crippen molar-refractivity contribution in [1.82, 2.24) is 4.90 Å². The van der Waals surface area contributed by atoms with E-state index in [2.05, 4.69) is 0 Å². The third-order valence-corrected chi connectivity index (χ3v) is 3.27. The second-order valence-electron chi connectivity index (χ2n) is 4.66. The van der Waals surface area contributed by atoms with Gasteiger partial charge in [0.05, 0.1) is 6.26 Å². The van der Waals surface area contributed by atoms with Gasteiger partial charge in [0, 0.05) is 24.7 Å². The van der Waals surface area contributed by atoms with Crippen LogP contribution in [0.1, 0.15) is 27.2 Å². The third-order valence-electron chi connectivity index (χ3n) is 3.03. The summed E-state index contributed by atoms with van der Waals surface area (Å²) in [7, 11) is 1.73. The second-order valence-corrected chi connectivity index (χ2v) is 5.10. The first kappa shape index (κ1) is 14.3. The Morgan fingerprint density at radius 2 is 2.15 bits per heavy atom. The van der Waals surface area contributed by atoms with Gasteiger partial charge in [-0.05, 0) is 24.6 Å². The van der Waals surface area contributed by atoms with E-state index in [0.717, 1.165) is 16.7 Å². The molecule has 2 rings (SSSR count). The van der Waals surface area contributed by atoms with Gasteiger partial charge in [-0.2, -0.15) is 0 Å². The summed E-state index contributed by atoms with van der Waals surface area (Å²) in [6, 6.07) is 9.32. The van der Waals surface area contributed by atoms with Gasteiger partial charge >= 0.3 is 0 Å². The van der Waals surface area contributed by atoms with Crippen molar-refractivity contribution in [3.8, 4) is 0 Å². The zero-order chi connectivity index (χ0) is 14.7. The van der Waals surface area contributed by atoms with Crippen LogP contribution in [0.25, 0.3) is 0 Å². The summed E-state index contributed by atoms with van der Waals surface area (Å²) in [4.78, 5) is 14.2. The molecule has 0 spiro atoms. The number of nitrogens with two attached hydrogens (primary N) is 1. The fourth-order valence-electron chi connectivity index (χ4n) is 1.93. The van der Waals surface area contributed by atoms with Crippen molar-refractivity contribution in [3.05, 3.63) is 59.0 Å². The van der Waals surface area contributed by atoms with Crippen molar-refractivity contribution in [2.75, 3.05) is 7.05 Å². The molecule has 20 heavy (non-hydrogen) atoms. The number of benzene rings is 1. The molecule has 0 fully saturated rings. The molecule has 0 aliphatic rings. The van der Waals surface area contributed by atoms with E-state index in [4.69, 9.17) is 22.4 Å². The Labute approximate surface area is 123 Å². The molecule has 0 saturated carbocycles. The highest BCUT2D eigenvalue weighted by Gasteiger charge is 2.17. The number of hydrogen-bond acceptors (Lipinski definition) is 3. The van der Waals surface area contributed by atoms with Crippen molar-refractivity contribution in [2.45, 2.75) is 13.5 Å². The van der Waals surface area contributed by atoms with Crippen molar-refractivity contribution < 1.29 is 9.21 Å². The largest absolute Gasteiger partial charge is 0.459 e. The first-order valence-corrected chi connectivity index (χ1v) is 6.58. The molecular weight excluding hydrogens is 272 g/mol. The molecule has 0 bridgehead atoms. The Balaban J connectivity index is 2.14. The molecule has 5 heteroatoms. The Morgan fingerprint density at radius 1 is 1.40 bits per heavy atom. The van der Waals surface area contributed by atoms with Gasteiger partial charge in [-0.3, -0.25) is 4.79 Å². The maximum atomic E-state index is 12.2. The van der Waals surface area contributed by atoms with E-state index >= 15 is 0 Å². The number of nitrogens with zero attached hydrogens (tertiary/aromatic N) is 1. The van der Waals surface area contributed by atoms with E-state index in [1.165, 1.54) is 6.26 Å². The van der Waals surface area contributed by atoms with Gasteiger partial charge < -0.3 is 15.1 Å². The van der Waals surface area contributed by atoms with Gasteiger partial charge in [0.25, 0.3) is 5.91 Å². The fourth-order valence-corrected chi connectivity index (χ4v) is 2.06. The summed E-state index contributed by atoms with van der Waals surface area (Å²) in [5.41, 5.74) is 8.20. The molecule has 1 aromatic heterocycles. The average Bonchev–Trinajstić information content (AvgIpc) is 2.84. The van der Waals surface area contributed by atoms with Crippen LogP contribution < -0.4 is 5.73 Å². The predicted octanol–water partition coefficient (Wildman–Crippen LogP) is 2.49. The summed E-state index contributed by atoms with van der Waals surface area (Å²) in [5, 5.41) is 0. The minimum Gasteiger partial charge on any atom is -0.459 e. The maximum Gasteiger partial charge on any atom is 0.289 e. The first-order chi connectivity index (χ1) is 9.49. The Kier molecular flexibility index (Phi) is 4.20. The predicted molar refractivity (Wildman–Crippen MR) is 81.6 cm³/mol. The summed E-state index contributed by atoms with van der Waals surface area (Å²) in [6.45, 7) is 2.31. The van der Waals surface area contributed by atoms with E-state index in [0.29, 0.717) is 17.3 Å². The third kappa shape index (κ3) is 3.05. The average molecular weight is 288 g/mol. The standard InChI is InChI=1S/C15H16N2O2S/c1-10-6-7-19-13(10)15(18)17(2)9-11-4-3-5-12(8-11)14(16)20/h3-8H,9H2,1-2H3,(H2,16,20). The highest BCUT2D eigenvalue weighted by Crippen LogP contribution is 2.14. The molecule has 0 aliphatic carbocycles. The molecule has 2 aromatic rings. The molecule has 4 nitrogen and oxygen atoms in total. The molecule has 0 saturated heterocycles. The van der Waals surface area contributed by atoms with Crippen molar-refractivity contribution >= 4 is 23.1 Å². The number of thiocarbonyl (C=S) groups is 1. The van der Waals surface area contributed by atoms with Crippen molar-refractivity contribution in [2.24, 2.45) is 5.73 Å². The van der Waals surface area contributed by atoms with Gasteiger partial charge in [-0.1, -0.05) is 30.4 Å². The summed E-state index contributed by atoms with van der Waals surface area (Å²) in [6.07, 6.45) is 1.52. The zero-order valence-electron chi connectivity index (χ0n) is 11.4. The highest BCUT2D eigenvalue weighted by molar-refractivity contribution is 7.80. The summed E-state index contributed by atoms with van der Waals surface area (Å²) in [5.74, 6) is 0.228. The Bertz CT molecular complexity index is 649. The minimum absolute atomic E-state index is 0.145. The SMILES string of the molecule is Cc1ccoc1C(=O)N(C)Cc1cccc(C(N)=S)c1. The lowest BCUT2D eigenvalue weighted by molar-refractivity contribution is 0.0752. The van der Waals surface area contributed by atoms with Gasteiger partial charge in [0.15, 0.2) is 5.76 Å². The van der Waals surface area contributed by atoms with E-state index in [1.807, 2.05) is 31.2 Å². The molecule has 0 atom stereocenters. The van der Waals surface area contributed by atoms with Crippen LogP contribution in [0.3, 0.4) is 0 Å². The summed E-state index contributed by atoms with van der Waals surface area (Å²) >= 11 is 4.95. The maximum absolute atomic E-state index is 12.2. The van der Waals surface area contributed by atoms with E-state index in [-0.39, 0.29) is 5.91 Å².